The fraction of sp³-hybridized carbons (Fsp3) is 1.00. The van der Waals surface area contributed by atoms with E-state index < -0.39 is 17.0 Å². The molecule has 0 bridgehead atoms. The van der Waals surface area contributed by atoms with Gasteiger partial charge in [0.2, 0.25) is 0 Å². The van der Waals surface area contributed by atoms with Crippen molar-refractivity contribution in [2.75, 3.05) is 41.4 Å². The van der Waals surface area contributed by atoms with Gasteiger partial charge < -0.3 is 18.0 Å². The summed E-state index contributed by atoms with van der Waals surface area (Å²) in [5, 5.41) is 0. The lowest BCUT2D eigenvalue weighted by Crippen LogP contribution is -2.48. The zero-order valence-corrected chi connectivity index (χ0v) is 14.8. The summed E-state index contributed by atoms with van der Waals surface area (Å²) in [7, 11) is 5.11. The second-order valence-corrected chi connectivity index (χ2v) is 13.9. The van der Waals surface area contributed by atoms with Gasteiger partial charge in [0.05, 0.1) is 0 Å². The zero-order chi connectivity index (χ0) is 13.7. The maximum atomic E-state index is 5.95. The molecule has 0 aromatic heterocycles. The average molecular weight is 279 g/mol. The van der Waals surface area contributed by atoms with Gasteiger partial charge in [0, 0.05) is 13.2 Å². The fourth-order valence-corrected chi connectivity index (χ4v) is 2.77. The van der Waals surface area contributed by atoms with Crippen LogP contribution in [-0.2, 0) is 8.85 Å². The maximum absolute atomic E-state index is 5.95. The molecule has 0 saturated carbocycles. The maximum Gasteiger partial charge on any atom is 0.264 e. The molecule has 0 spiro atoms. The molecule has 0 heterocycles. The second-order valence-electron chi connectivity index (χ2n) is 5.73. The smallest absolute Gasteiger partial charge is 0.264 e. The van der Waals surface area contributed by atoms with E-state index in [2.05, 4.69) is 63.5 Å². The van der Waals surface area contributed by atoms with Crippen LogP contribution in [-0.4, -0.2) is 67.5 Å². The van der Waals surface area contributed by atoms with Crippen molar-refractivity contribution >= 4 is 17.0 Å². The van der Waals surface area contributed by atoms with E-state index >= 15 is 0 Å². The van der Waals surface area contributed by atoms with Crippen molar-refractivity contribution in [1.82, 2.24) is 9.13 Å². The molecule has 17 heavy (non-hydrogen) atoms. The summed E-state index contributed by atoms with van der Waals surface area (Å²) in [5.41, 5.74) is 0. The molecule has 0 aromatic rings. The van der Waals surface area contributed by atoms with E-state index in [0.717, 1.165) is 19.6 Å². The van der Waals surface area contributed by atoms with Crippen LogP contribution in [0.25, 0.3) is 0 Å². The zero-order valence-electron chi connectivity index (χ0n) is 12.8. The summed E-state index contributed by atoms with van der Waals surface area (Å²) in [5.74, 6) is 0. The molecule has 6 heteroatoms. The molecule has 0 unspecified atom stereocenters. The van der Waals surface area contributed by atoms with Crippen molar-refractivity contribution < 1.29 is 8.85 Å². The van der Waals surface area contributed by atoms with E-state index in [1.165, 1.54) is 0 Å². The highest BCUT2D eigenvalue weighted by Crippen LogP contribution is 2.09. The minimum absolute atomic E-state index is 0.801. The quantitative estimate of drug-likeness (QED) is 0.500. The summed E-state index contributed by atoms with van der Waals surface area (Å²) < 4.78 is 16.3. The normalized spacial score (nSPS) is 13.8. The Morgan fingerprint density at radius 3 is 1.24 bits per heavy atom. The fourth-order valence-electron chi connectivity index (χ4n) is 0.961. The van der Waals surface area contributed by atoms with Gasteiger partial charge in [0.15, 0.2) is 0 Å². The predicted molar refractivity (Wildman–Crippen MR) is 78.9 cm³/mol. The summed E-state index contributed by atoms with van der Waals surface area (Å²) in [4.78, 5) is 0. The first-order chi connectivity index (χ1) is 7.59. The SMILES string of the molecule is CN(C)[Si](C)(C)OCCCO[Si](C)(C)N(C)C. The van der Waals surface area contributed by atoms with Crippen molar-refractivity contribution in [3.8, 4) is 0 Å². The van der Waals surface area contributed by atoms with Crippen LogP contribution in [0.4, 0.5) is 0 Å². The molecular weight excluding hydrogens is 248 g/mol. The Hall–Kier alpha value is 0.274. The highest BCUT2D eigenvalue weighted by Gasteiger charge is 2.27. The van der Waals surface area contributed by atoms with Crippen molar-refractivity contribution in [2.24, 2.45) is 0 Å². The Morgan fingerprint density at radius 1 is 0.706 bits per heavy atom. The number of rotatable bonds is 8. The van der Waals surface area contributed by atoms with Crippen molar-refractivity contribution in [3.05, 3.63) is 0 Å². The topological polar surface area (TPSA) is 24.9 Å². The third kappa shape index (κ3) is 6.68. The molecule has 0 aliphatic heterocycles. The van der Waals surface area contributed by atoms with E-state index in [9.17, 15) is 0 Å². The Bertz CT molecular complexity index is 200. The van der Waals surface area contributed by atoms with Gasteiger partial charge in [-0.05, 0) is 60.8 Å². The van der Waals surface area contributed by atoms with E-state index in [-0.39, 0.29) is 0 Å². The van der Waals surface area contributed by atoms with Crippen molar-refractivity contribution in [2.45, 2.75) is 32.6 Å². The Morgan fingerprint density at radius 2 is 1.00 bits per heavy atom. The molecule has 0 atom stereocenters. The highest BCUT2D eigenvalue weighted by atomic mass is 28.4. The summed E-state index contributed by atoms with van der Waals surface area (Å²) in [6.07, 6.45) is 0.981. The molecule has 0 amide bonds. The van der Waals surface area contributed by atoms with Crippen LogP contribution in [0.1, 0.15) is 6.42 Å². The van der Waals surface area contributed by atoms with Crippen LogP contribution >= 0.6 is 0 Å². The number of hydrogen-bond acceptors (Lipinski definition) is 4. The highest BCUT2D eigenvalue weighted by molar-refractivity contribution is 6.68. The van der Waals surface area contributed by atoms with Gasteiger partial charge >= 0.3 is 0 Å². The minimum Gasteiger partial charge on any atom is -0.403 e. The van der Waals surface area contributed by atoms with E-state index in [0.29, 0.717) is 0 Å². The molecule has 0 saturated heterocycles. The molecule has 104 valence electrons. The van der Waals surface area contributed by atoms with Crippen molar-refractivity contribution in [1.29, 1.82) is 0 Å². The number of nitrogens with zero attached hydrogens (tertiary/aromatic N) is 2. The molecule has 4 nitrogen and oxygen atoms in total. The summed E-state index contributed by atoms with van der Waals surface area (Å²) in [6, 6.07) is 0. The van der Waals surface area contributed by atoms with Gasteiger partial charge in [-0.25, -0.2) is 0 Å². The van der Waals surface area contributed by atoms with Crippen LogP contribution in [0, 0.1) is 0 Å². The second kappa shape index (κ2) is 7.01. The minimum atomic E-state index is -1.62. The van der Waals surface area contributed by atoms with Gasteiger partial charge in [-0.3, -0.25) is 0 Å². The van der Waals surface area contributed by atoms with Crippen LogP contribution in [0.15, 0.2) is 0 Å². The van der Waals surface area contributed by atoms with E-state index in [1.54, 1.807) is 0 Å². The van der Waals surface area contributed by atoms with E-state index in [1.807, 2.05) is 0 Å². The standard InChI is InChI=1S/C11H30N2O2Si2/c1-12(2)16(5,6)14-10-9-11-15-17(7,8)13(3)4/h9-11H2,1-8H3. The molecule has 0 aromatic carbocycles. The molecule has 0 radical (unpaired) electrons. The van der Waals surface area contributed by atoms with Crippen LogP contribution in [0.3, 0.4) is 0 Å². The third-order valence-corrected chi connectivity index (χ3v) is 9.48. The summed E-state index contributed by atoms with van der Waals surface area (Å²) >= 11 is 0. The monoisotopic (exact) mass is 278 g/mol. The van der Waals surface area contributed by atoms with Crippen LogP contribution in [0.5, 0.6) is 0 Å². The molecular formula is C11H30N2O2Si2. The molecule has 0 aliphatic carbocycles. The predicted octanol–water partition coefficient (Wildman–Crippen LogP) is 1.94. The van der Waals surface area contributed by atoms with Crippen LogP contribution < -0.4 is 0 Å². The number of hydrogen-bond donors (Lipinski definition) is 0. The third-order valence-electron chi connectivity index (χ3n) is 3.35. The first-order valence-electron chi connectivity index (χ1n) is 6.22. The van der Waals surface area contributed by atoms with Gasteiger partial charge in [0.1, 0.15) is 0 Å². The lowest BCUT2D eigenvalue weighted by atomic mass is 10.5. The molecule has 0 fully saturated rings. The van der Waals surface area contributed by atoms with Gasteiger partial charge in [-0.15, -0.1) is 0 Å². The Balaban J connectivity index is 3.74. The lowest BCUT2D eigenvalue weighted by molar-refractivity contribution is 0.208. The van der Waals surface area contributed by atoms with Gasteiger partial charge in [-0.1, -0.05) is 0 Å². The Kier molecular flexibility index (Phi) is 7.12. The first kappa shape index (κ1) is 17.3. The van der Waals surface area contributed by atoms with E-state index in [4.69, 9.17) is 8.85 Å². The average Bonchev–Trinajstić information content (AvgIpc) is 2.16. The molecule has 0 aliphatic rings. The molecule has 0 rings (SSSR count). The van der Waals surface area contributed by atoms with Crippen LogP contribution in [0.2, 0.25) is 26.2 Å². The lowest BCUT2D eigenvalue weighted by Gasteiger charge is -2.31. The molecule has 0 N–H and O–H groups in total. The van der Waals surface area contributed by atoms with Crippen molar-refractivity contribution in [3.63, 3.8) is 0 Å². The summed E-state index contributed by atoms with van der Waals surface area (Å²) in [6.45, 7) is 10.5. The first-order valence-corrected chi connectivity index (χ1v) is 11.9. The van der Waals surface area contributed by atoms with Gasteiger partial charge in [-0.2, -0.15) is 0 Å². The largest absolute Gasteiger partial charge is 0.403 e. The van der Waals surface area contributed by atoms with Gasteiger partial charge in [0.25, 0.3) is 17.0 Å². The Labute approximate surface area is 109 Å².